The summed E-state index contributed by atoms with van der Waals surface area (Å²) >= 11 is 1.36. The van der Waals surface area contributed by atoms with E-state index in [4.69, 9.17) is 18.9 Å². The molecule has 1 aromatic heterocycles. The number of thiazole rings is 1. The quantitative estimate of drug-likeness (QED) is 0.342. The summed E-state index contributed by atoms with van der Waals surface area (Å²) in [5.74, 6) is 1.23. The first-order valence-corrected chi connectivity index (χ1v) is 11.8. The standard InChI is InChI=1S/C24H26N2O6S/c1-3-5-11-30-17-8-6-7-16(12-17)23(28)25-24-26(10-9-22(27)29-4-2)18-13-19-20(32-15-31-19)14-21(18)33-24/h6-8,12-14H,3-5,9-11,15H2,1-2H3. The Kier molecular flexibility index (Phi) is 7.29. The van der Waals surface area contributed by atoms with E-state index in [0.717, 1.165) is 23.1 Å². The van der Waals surface area contributed by atoms with Crippen molar-refractivity contribution in [1.29, 1.82) is 0 Å². The molecule has 0 aliphatic carbocycles. The molecule has 2 aromatic carbocycles. The van der Waals surface area contributed by atoms with Crippen molar-refractivity contribution in [2.45, 2.75) is 39.7 Å². The molecule has 1 amide bonds. The lowest BCUT2D eigenvalue weighted by molar-refractivity contribution is -0.143. The van der Waals surface area contributed by atoms with E-state index in [1.165, 1.54) is 11.3 Å². The molecule has 9 heteroatoms. The van der Waals surface area contributed by atoms with Crippen LogP contribution in [0.1, 0.15) is 43.5 Å². The summed E-state index contributed by atoms with van der Waals surface area (Å²) < 4.78 is 24.5. The first kappa shape index (κ1) is 22.8. The monoisotopic (exact) mass is 470 g/mol. The zero-order valence-corrected chi connectivity index (χ0v) is 19.5. The van der Waals surface area contributed by atoms with E-state index in [1.54, 1.807) is 25.1 Å². The summed E-state index contributed by atoms with van der Waals surface area (Å²) in [5, 5.41) is 0. The fraction of sp³-hybridized carbons (Fsp3) is 0.375. The smallest absolute Gasteiger partial charge is 0.307 e. The normalized spacial score (nSPS) is 12.8. The highest BCUT2D eigenvalue weighted by molar-refractivity contribution is 7.16. The number of amides is 1. The van der Waals surface area contributed by atoms with Crippen LogP contribution in [0.15, 0.2) is 41.4 Å². The first-order chi connectivity index (χ1) is 16.1. The number of carbonyl (C=O) groups excluding carboxylic acids is 2. The first-order valence-electron chi connectivity index (χ1n) is 11.0. The van der Waals surface area contributed by atoms with Crippen LogP contribution < -0.4 is 19.0 Å². The van der Waals surface area contributed by atoms with Gasteiger partial charge in [0.1, 0.15) is 5.75 Å². The predicted molar refractivity (Wildman–Crippen MR) is 124 cm³/mol. The molecule has 1 aliphatic rings. The molecule has 0 saturated carbocycles. The van der Waals surface area contributed by atoms with Gasteiger partial charge in [-0.2, -0.15) is 4.99 Å². The van der Waals surface area contributed by atoms with Gasteiger partial charge < -0.3 is 23.5 Å². The zero-order valence-electron chi connectivity index (χ0n) is 18.7. The lowest BCUT2D eigenvalue weighted by Crippen LogP contribution is -2.19. The third-order valence-electron chi connectivity index (χ3n) is 5.07. The van der Waals surface area contributed by atoms with E-state index < -0.39 is 0 Å². The van der Waals surface area contributed by atoms with Gasteiger partial charge in [0, 0.05) is 24.2 Å². The average molecular weight is 471 g/mol. The van der Waals surface area contributed by atoms with Gasteiger partial charge in [-0.05, 0) is 31.5 Å². The average Bonchev–Trinajstić information content (AvgIpc) is 3.40. The topological polar surface area (TPSA) is 88.4 Å². The third kappa shape index (κ3) is 5.36. The van der Waals surface area contributed by atoms with Crippen LogP contribution in [0.25, 0.3) is 10.2 Å². The molecule has 4 rings (SSSR count). The van der Waals surface area contributed by atoms with Crippen molar-refractivity contribution in [3.63, 3.8) is 0 Å². The van der Waals surface area contributed by atoms with Gasteiger partial charge in [-0.3, -0.25) is 9.59 Å². The molecular weight excluding hydrogens is 444 g/mol. The Hall–Kier alpha value is -3.33. The third-order valence-corrected chi connectivity index (χ3v) is 6.11. The van der Waals surface area contributed by atoms with E-state index >= 15 is 0 Å². The van der Waals surface area contributed by atoms with Gasteiger partial charge in [0.05, 0.1) is 29.9 Å². The van der Waals surface area contributed by atoms with E-state index in [1.807, 2.05) is 22.8 Å². The van der Waals surface area contributed by atoms with Crippen LogP contribution in [0, 0.1) is 0 Å². The molecule has 0 fully saturated rings. The number of fused-ring (bicyclic) bond motifs is 2. The molecule has 0 bridgehead atoms. The van der Waals surface area contributed by atoms with Crippen LogP contribution in [-0.2, 0) is 16.1 Å². The Morgan fingerprint density at radius 1 is 1.15 bits per heavy atom. The van der Waals surface area contributed by atoms with Crippen molar-refractivity contribution >= 4 is 33.4 Å². The molecule has 0 radical (unpaired) electrons. The van der Waals surface area contributed by atoms with Crippen molar-refractivity contribution in [1.82, 2.24) is 4.57 Å². The molecule has 8 nitrogen and oxygen atoms in total. The van der Waals surface area contributed by atoms with Gasteiger partial charge in [-0.15, -0.1) is 0 Å². The summed E-state index contributed by atoms with van der Waals surface area (Å²) in [5.41, 5.74) is 1.25. The maximum absolute atomic E-state index is 13.0. The van der Waals surface area contributed by atoms with Crippen molar-refractivity contribution in [3.05, 3.63) is 46.8 Å². The van der Waals surface area contributed by atoms with Gasteiger partial charge >= 0.3 is 5.97 Å². The van der Waals surface area contributed by atoms with Crippen molar-refractivity contribution in [3.8, 4) is 17.2 Å². The number of hydrogen-bond acceptors (Lipinski definition) is 7. The molecule has 0 spiro atoms. The van der Waals surface area contributed by atoms with E-state index in [-0.39, 0.29) is 25.1 Å². The van der Waals surface area contributed by atoms with Gasteiger partial charge in [0.2, 0.25) is 6.79 Å². The van der Waals surface area contributed by atoms with Crippen molar-refractivity contribution < 1.29 is 28.5 Å². The number of hydrogen-bond donors (Lipinski definition) is 0. The SMILES string of the molecule is CCCCOc1cccc(C(=O)N=c2sc3cc4c(cc3n2CCC(=O)OCC)OCO4)c1. The minimum Gasteiger partial charge on any atom is -0.494 e. The highest BCUT2D eigenvalue weighted by Crippen LogP contribution is 2.37. The lowest BCUT2D eigenvalue weighted by Gasteiger charge is -2.07. The number of unbranched alkanes of at least 4 members (excludes halogenated alkanes) is 1. The van der Waals surface area contributed by atoms with Gasteiger partial charge in [-0.1, -0.05) is 30.7 Å². The van der Waals surface area contributed by atoms with Crippen LogP contribution in [0.5, 0.6) is 17.2 Å². The maximum Gasteiger partial charge on any atom is 0.307 e. The summed E-state index contributed by atoms with van der Waals surface area (Å²) in [4.78, 5) is 29.8. The maximum atomic E-state index is 13.0. The lowest BCUT2D eigenvalue weighted by atomic mass is 10.2. The molecule has 1 aliphatic heterocycles. The van der Waals surface area contributed by atoms with Crippen molar-refractivity contribution in [2.24, 2.45) is 4.99 Å². The molecule has 0 N–H and O–H groups in total. The summed E-state index contributed by atoms with van der Waals surface area (Å²) in [7, 11) is 0. The number of aryl methyl sites for hydroxylation is 1. The molecular formula is C24H26N2O6S. The minimum absolute atomic E-state index is 0.163. The molecule has 3 aromatic rings. The minimum atomic E-state index is -0.382. The largest absolute Gasteiger partial charge is 0.494 e. The Labute approximate surface area is 195 Å². The Morgan fingerprint density at radius 2 is 1.97 bits per heavy atom. The van der Waals surface area contributed by atoms with Gasteiger partial charge in [0.25, 0.3) is 5.91 Å². The molecule has 174 valence electrons. The second-order valence-electron chi connectivity index (χ2n) is 7.41. The predicted octanol–water partition coefficient (Wildman–Crippen LogP) is 4.30. The fourth-order valence-corrected chi connectivity index (χ4v) is 4.47. The second kappa shape index (κ2) is 10.5. The summed E-state index contributed by atoms with van der Waals surface area (Å²) in [6.07, 6.45) is 2.14. The van der Waals surface area contributed by atoms with Crippen LogP contribution in [0.2, 0.25) is 0 Å². The number of nitrogens with zero attached hydrogens (tertiary/aromatic N) is 2. The highest BCUT2D eigenvalue weighted by atomic mass is 32.1. The van der Waals surface area contributed by atoms with Crippen LogP contribution >= 0.6 is 11.3 Å². The van der Waals surface area contributed by atoms with Crippen LogP contribution in [0.3, 0.4) is 0 Å². The van der Waals surface area contributed by atoms with Crippen LogP contribution in [0.4, 0.5) is 0 Å². The Bertz CT molecular complexity index is 1230. The number of ether oxygens (including phenoxy) is 4. The van der Waals surface area contributed by atoms with Crippen LogP contribution in [-0.4, -0.2) is 36.5 Å². The number of rotatable bonds is 9. The van der Waals surface area contributed by atoms with E-state index in [0.29, 0.717) is 47.4 Å². The molecule has 33 heavy (non-hydrogen) atoms. The molecule has 0 saturated heterocycles. The number of carbonyl (C=O) groups is 2. The van der Waals surface area contributed by atoms with E-state index in [2.05, 4.69) is 11.9 Å². The molecule has 2 heterocycles. The number of esters is 1. The number of aromatic nitrogens is 1. The zero-order chi connectivity index (χ0) is 23.2. The second-order valence-corrected chi connectivity index (χ2v) is 8.42. The van der Waals surface area contributed by atoms with Gasteiger partial charge in [-0.25, -0.2) is 0 Å². The summed E-state index contributed by atoms with van der Waals surface area (Å²) in [6.45, 7) is 5.28. The van der Waals surface area contributed by atoms with Gasteiger partial charge in [0.15, 0.2) is 16.3 Å². The molecule has 0 unspecified atom stereocenters. The summed E-state index contributed by atoms with van der Waals surface area (Å²) in [6, 6.07) is 10.7. The Balaban J connectivity index is 1.68. The molecule has 0 atom stereocenters. The highest BCUT2D eigenvalue weighted by Gasteiger charge is 2.19. The van der Waals surface area contributed by atoms with Crippen molar-refractivity contribution in [2.75, 3.05) is 20.0 Å². The number of benzene rings is 2. The van der Waals surface area contributed by atoms with E-state index in [9.17, 15) is 9.59 Å². The Morgan fingerprint density at radius 3 is 2.76 bits per heavy atom. The fourth-order valence-electron chi connectivity index (χ4n) is 3.40.